The van der Waals surface area contributed by atoms with Crippen LogP contribution in [-0.2, 0) is 10.9 Å². The van der Waals surface area contributed by atoms with Crippen LogP contribution in [0.15, 0.2) is 42.7 Å². The van der Waals surface area contributed by atoms with Crippen LogP contribution in [0, 0.1) is 5.82 Å². The van der Waals surface area contributed by atoms with Crippen LogP contribution in [-0.4, -0.2) is 61.2 Å². The second-order valence-corrected chi connectivity index (χ2v) is 6.63. The average Bonchev–Trinajstić information content (AvgIpc) is 2.69. The second kappa shape index (κ2) is 8.12. The van der Waals surface area contributed by atoms with E-state index in [-0.39, 0.29) is 23.1 Å². The predicted molar refractivity (Wildman–Crippen MR) is 96.4 cm³/mol. The molecule has 2 amide bonds. The maximum absolute atomic E-state index is 13.9. The van der Waals surface area contributed by atoms with Gasteiger partial charge in [0.15, 0.2) is 0 Å². The molecule has 0 radical (unpaired) electrons. The number of carbonyl (C=O) groups is 2. The number of piperazine rings is 1. The number of amides is 2. The molecule has 27 heavy (non-hydrogen) atoms. The third-order valence-corrected chi connectivity index (χ3v) is 4.61. The number of hydrogen-bond acceptors (Lipinski definition) is 5. The molecule has 8 nitrogen and oxygen atoms in total. The summed E-state index contributed by atoms with van der Waals surface area (Å²) < 4.78 is 37.1. The smallest absolute Gasteiger partial charge is 0.255 e. The predicted octanol–water partition coefficient (Wildman–Crippen LogP) is 0.757. The Morgan fingerprint density at radius 3 is 2.15 bits per heavy atom. The highest BCUT2D eigenvalue weighted by atomic mass is 32.2. The van der Waals surface area contributed by atoms with Crippen LogP contribution in [0.5, 0.6) is 0 Å². The Bertz CT molecular complexity index is 920. The molecule has 0 saturated carbocycles. The van der Waals surface area contributed by atoms with Crippen molar-refractivity contribution in [1.29, 1.82) is 0 Å². The lowest BCUT2D eigenvalue weighted by Gasteiger charge is -2.34. The van der Waals surface area contributed by atoms with Crippen molar-refractivity contribution in [3.63, 3.8) is 0 Å². The van der Waals surface area contributed by atoms with Crippen LogP contribution in [0.3, 0.4) is 0 Å². The fourth-order valence-electron chi connectivity index (χ4n) is 2.80. The molecule has 1 aromatic heterocycles. The van der Waals surface area contributed by atoms with Gasteiger partial charge in [-0.1, -0.05) is 0 Å². The minimum Gasteiger partial charge on any atom is -0.335 e. The summed E-state index contributed by atoms with van der Waals surface area (Å²) in [6, 6.07) is 6.93. The number of nitrogens with zero attached hydrogens (tertiary/aromatic N) is 3. The lowest BCUT2D eigenvalue weighted by atomic mass is 10.1. The number of pyridine rings is 1. The lowest BCUT2D eigenvalue weighted by Crippen LogP contribution is -2.50. The fraction of sp³-hybridized carbons (Fsp3) is 0.235. The Morgan fingerprint density at radius 1 is 1.00 bits per heavy atom. The molecule has 1 aromatic carbocycles. The van der Waals surface area contributed by atoms with Crippen LogP contribution in [0.25, 0.3) is 0 Å². The number of nitrogens with one attached hydrogen (secondary N) is 1. The molecule has 0 unspecified atom stereocenters. The first-order chi connectivity index (χ1) is 13.0. The minimum absolute atomic E-state index is 0.117. The fourth-order valence-corrected chi connectivity index (χ4v) is 3.18. The summed E-state index contributed by atoms with van der Waals surface area (Å²) in [5.41, 5.74) is 0.389. The Morgan fingerprint density at radius 2 is 1.63 bits per heavy atom. The van der Waals surface area contributed by atoms with Crippen molar-refractivity contribution < 1.29 is 22.4 Å². The number of anilines is 1. The Hall–Kier alpha value is -3.01. The average molecular weight is 392 g/mol. The van der Waals surface area contributed by atoms with Crippen molar-refractivity contribution in [2.75, 3.05) is 30.9 Å². The largest absolute Gasteiger partial charge is 0.335 e. The van der Waals surface area contributed by atoms with E-state index in [2.05, 4.69) is 4.98 Å². The van der Waals surface area contributed by atoms with Crippen molar-refractivity contribution in [3.8, 4) is 0 Å². The van der Waals surface area contributed by atoms with E-state index in [9.17, 15) is 22.4 Å². The van der Waals surface area contributed by atoms with Crippen molar-refractivity contribution >= 4 is 28.4 Å². The molecule has 1 N–H and O–H groups in total. The Balaban J connectivity index is 1.63. The third kappa shape index (κ3) is 4.40. The first-order valence-corrected chi connectivity index (χ1v) is 9.32. The van der Waals surface area contributed by atoms with E-state index >= 15 is 0 Å². The van der Waals surface area contributed by atoms with Crippen molar-refractivity contribution in [2.45, 2.75) is 0 Å². The summed E-state index contributed by atoms with van der Waals surface area (Å²) in [4.78, 5) is 32.0. The monoisotopic (exact) mass is 392 g/mol. The van der Waals surface area contributed by atoms with E-state index in [0.29, 0.717) is 31.7 Å². The summed E-state index contributed by atoms with van der Waals surface area (Å²) >= 11 is 0. The van der Waals surface area contributed by atoms with Crippen LogP contribution in [0.4, 0.5) is 10.1 Å². The van der Waals surface area contributed by atoms with E-state index in [0.717, 1.165) is 6.07 Å². The van der Waals surface area contributed by atoms with Crippen molar-refractivity contribution in [2.24, 2.45) is 0 Å². The van der Waals surface area contributed by atoms with Gasteiger partial charge >= 0.3 is 0 Å². The first-order valence-electron chi connectivity index (χ1n) is 8.15. The van der Waals surface area contributed by atoms with Crippen LogP contribution in [0.2, 0.25) is 0 Å². The SMILES string of the molecule is O=C(c1cccnc1)N1CCN(C(=O)c2ccc(N[SH](=O)=O)c(F)c2)CC1. The topological polar surface area (TPSA) is 99.7 Å². The standard InChI is InChI=1S/C17H17FN4O4S/c18-14-10-12(3-4-15(14)20-27(25)26)16(23)21-6-8-22(9-7-21)17(24)13-2-1-5-19-11-13/h1-5,10-11,27H,6-9H2,(H,20,25,26). The van der Waals surface area contributed by atoms with Gasteiger partial charge in [0.05, 0.1) is 11.3 Å². The summed E-state index contributed by atoms with van der Waals surface area (Å²) in [6.45, 7) is 1.36. The number of hydrogen-bond donors (Lipinski definition) is 2. The number of halogens is 1. The molecule has 2 aromatic rings. The van der Waals surface area contributed by atoms with Gasteiger partial charge in [-0.15, -0.1) is 0 Å². The van der Waals surface area contributed by atoms with Crippen molar-refractivity contribution in [3.05, 3.63) is 59.7 Å². The molecule has 1 fully saturated rings. The molecule has 3 rings (SSSR count). The van der Waals surface area contributed by atoms with Gasteiger partial charge in [0.25, 0.3) is 11.8 Å². The van der Waals surface area contributed by atoms with Crippen molar-refractivity contribution in [1.82, 2.24) is 14.8 Å². The first kappa shape index (κ1) is 18.8. The summed E-state index contributed by atoms with van der Waals surface area (Å²) in [5, 5.41) is 0. The van der Waals surface area contributed by atoms with Gasteiger partial charge in [-0.3, -0.25) is 19.3 Å². The molecular formula is C17H17FN4O4S. The molecule has 0 atom stereocenters. The molecule has 10 heteroatoms. The zero-order valence-corrected chi connectivity index (χ0v) is 15.1. The number of aromatic nitrogens is 1. The summed E-state index contributed by atoms with van der Waals surface area (Å²) in [7, 11) is -2.99. The highest BCUT2D eigenvalue weighted by Crippen LogP contribution is 2.18. The lowest BCUT2D eigenvalue weighted by molar-refractivity contribution is 0.0535. The zero-order valence-electron chi connectivity index (χ0n) is 14.2. The molecule has 0 aliphatic carbocycles. The summed E-state index contributed by atoms with van der Waals surface area (Å²) in [6.07, 6.45) is 3.08. The Labute approximate surface area is 156 Å². The van der Waals surface area contributed by atoms with Gasteiger partial charge in [0.1, 0.15) is 5.82 Å². The van der Waals surface area contributed by atoms with E-state index in [1.165, 1.54) is 23.2 Å². The van der Waals surface area contributed by atoms with E-state index in [1.807, 2.05) is 4.72 Å². The molecule has 142 valence electrons. The quantitative estimate of drug-likeness (QED) is 0.749. The van der Waals surface area contributed by atoms with E-state index in [1.54, 1.807) is 23.2 Å². The molecular weight excluding hydrogens is 375 g/mol. The van der Waals surface area contributed by atoms with Gasteiger partial charge in [0, 0.05) is 44.1 Å². The maximum Gasteiger partial charge on any atom is 0.255 e. The molecule has 0 bridgehead atoms. The second-order valence-electron chi connectivity index (χ2n) is 5.89. The zero-order chi connectivity index (χ0) is 19.4. The molecule has 0 spiro atoms. The molecule has 1 aliphatic rings. The minimum atomic E-state index is -2.99. The number of thiol groups is 1. The number of rotatable bonds is 4. The highest BCUT2D eigenvalue weighted by molar-refractivity contribution is 7.73. The third-order valence-electron chi connectivity index (χ3n) is 4.19. The number of benzene rings is 1. The molecule has 1 saturated heterocycles. The maximum atomic E-state index is 13.9. The van der Waals surface area contributed by atoms with Gasteiger partial charge < -0.3 is 9.80 Å². The van der Waals surface area contributed by atoms with E-state index in [4.69, 9.17) is 0 Å². The van der Waals surface area contributed by atoms with Crippen LogP contribution < -0.4 is 4.72 Å². The van der Waals surface area contributed by atoms with E-state index < -0.39 is 16.7 Å². The Kier molecular flexibility index (Phi) is 5.65. The van der Waals surface area contributed by atoms with Crippen LogP contribution in [0.1, 0.15) is 20.7 Å². The molecule has 1 aliphatic heterocycles. The van der Waals surface area contributed by atoms with Gasteiger partial charge in [-0.2, -0.15) is 0 Å². The van der Waals surface area contributed by atoms with Gasteiger partial charge in [0.2, 0.25) is 10.9 Å². The molecule has 2 heterocycles. The number of carbonyl (C=O) groups excluding carboxylic acids is 2. The highest BCUT2D eigenvalue weighted by Gasteiger charge is 2.26. The van der Waals surface area contributed by atoms with Gasteiger partial charge in [-0.25, -0.2) is 12.8 Å². The normalized spacial score (nSPS) is 14.3. The van der Waals surface area contributed by atoms with Gasteiger partial charge in [-0.05, 0) is 30.3 Å². The van der Waals surface area contributed by atoms with Crippen LogP contribution >= 0.6 is 0 Å². The summed E-state index contributed by atoms with van der Waals surface area (Å²) in [5.74, 6) is -1.35.